The Morgan fingerprint density at radius 2 is 2.00 bits per heavy atom. The third kappa shape index (κ3) is 3.11. The van der Waals surface area contributed by atoms with Crippen molar-refractivity contribution in [1.82, 2.24) is 24.6 Å². The van der Waals surface area contributed by atoms with Crippen LogP contribution in [0.25, 0.3) is 0 Å². The third-order valence-electron chi connectivity index (χ3n) is 7.94. The van der Waals surface area contributed by atoms with Crippen molar-refractivity contribution >= 4 is 35.3 Å². The zero-order valence-electron chi connectivity index (χ0n) is 20.4. The van der Waals surface area contributed by atoms with Crippen LogP contribution in [0.1, 0.15) is 6.92 Å². The zero-order valence-corrected chi connectivity index (χ0v) is 21.2. The van der Waals surface area contributed by atoms with E-state index >= 15 is 0 Å². The molecule has 14 nitrogen and oxygen atoms in total. The molecule has 5 aliphatic rings. The molecule has 0 radical (unpaired) electrons. The molecule has 1 aromatic rings. The number of aromatic nitrogens is 3. The highest BCUT2D eigenvalue weighted by atomic mass is 32.2. The SMILES string of the molecule is CO[C@@]12[C@H](COC(N)=O)C3=C(C(=O)C(CSc4nncn4C)C4(OCCO4)C3=O)N1C[C@H]1[C@@H]2N1C(C)=O. The molecule has 2 amide bonds. The molecule has 15 heteroatoms. The number of rotatable bonds is 6. The number of piperazine rings is 1. The van der Waals surface area contributed by atoms with E-state index in [1.807, 2.05) is 0 Å². The first kappa shape index (κ1) is 24.3. The van der Waals surface area contributed by atoms with E-state index in [1.165, 1.54) is 25.8 Å². The van der Waals surface area contributed by atoms with Crippen LogP contribution >= 0.6 is 11.8 Å². The minimum Gasteiger partial charge on any atom is -0.449 e. The summed E-state index contributed by atoms with van der Waals surface area (Å²) in [7, 11) is 3.23. The zero-order chi connectivity index (χ0) is 26.3. The molecule has 0 bridgehead atoms. The predicted molar refractivity (Wildman–Crippen MR) is 122 cm³/mol. The highest BCUT2D eigenvalue weighted by Gasteiger charge is 2.79. The van der Waals surface area contributed by atoms with Crippen LogP contribution in [-0.4, -0.2) is 111 Å². The lowest BCUT2D eigenvalue weighted by atomic mass is 9.76. The summed E-state index contributed by atoms with van der Waals surface area (Å²) in [5, 5.41) is 8.49. The van der Waals surface area contributed by atoms with Crippen molar-refractivity contribution < 1.29 is 38.1 Å². The topological polar surface area (TPSA) is 168 Å². The van der Waals surface area contributed by atoms with Crippen molar-refractivity contribution in [2.24, 2.45) is 24.6 Å². The molecule has 1 unspecified atom stereocenters. The molecule has 1 aliphatic carbocycles. The second-order valence-electron chi connectivity index (χ2n) is 9.60. The Kier molecular flexibility index (Phi) is 5.42. The van der Waals surface area contributed by atoms with Crippen molar-refractivity contribution in [2.45, 2.75) is 35.7 Å². The number of methoxy groups -OCH3 is 1. The maximum absolute atomic E-state index is 14.3. The Labute approximate surface area is 215 Å². The first-order valence-corrected chi connectivity index (χ1v) is 12.8. The van der Waals surface area contributed by atoms with Gasteiger partial charge in [-0.2, -0.15) is 0 Å². The number of fused-ring (bicyclic) bond motifs is 4. The molecule has 1 aromatic heterocycles. The second-order valence-corrected chi connectivity index (χ2v) is 10.6. The number of nitrogens with zero attached hydrogens (tertiary/aromatic N) is 5. The van der Waals surface area contributed by atoms with Crippen LogP contribution in [0.15, 0.2) is 22.8 Å². The van der Waals surface area contributed by atoms with Crippen LogP contribution in [0.5, 0.6) is 0 Å². The minimum absolute atomic E-state index is 0.115. The Morgan fingerprint density at radius 1 is 1.27 bits per heavy atom. The maximum Gasteiger partial charge on any atom is 0.404 e. The van der Waals surface area contributed by atoms with E-state index in [0.29, 0.717) is 11.7 Å². The van der Waals surface area contributed by atoms with Crippen molar-refractivity contribution in [3.63, 3.8) is 0 Å². The molecule has 37 heavy (non-hydrogen) atoms. The lowest BCUT2D eigenvalue weighted by Gasteiger charge is -2.41. The number of carbonyl (C=O) groups is 4. The van der Waals surface area contributed by atoms with E-state index in [2.05, 4.69) is 10.2 Å². The van der Waals surface area contributed by atoms with Gasteiger partial charge in [0.15, 0.2) is 16.7 Å². The van der Waals surface area contributed by atoms with Gasteiger partial charge in [-0.3, -0.25) is 14.4 Å². The average Bonchev–Trinajstić information content (AvgIpc) is 3.25. The van der Waals surface area contributed by atoms with Gasteiger partial charge in [-0.25, -0.2) is 4.79 Å². The number of nitrogens with two attached hydrogens (primary N) is 1. The van der Waals surface area contributed by atoms with Crippen LogP contribution in [-0.2, 0) is 40.4 Å². The number of aryl methyl sites for hydroxylation is 1. The summed E-state index contributed by atoms with van der Waals surface area (Å²) in [6.45, 7) is 1.70. The number of carbonyl (C=O) groups excluding carboxylic acids is 4. The fourth-order valence-electron chi connectivity index (χ4n) is 6.50. The number of allylic oxidation sites excluding steroid dienone is 1. The molecule has 2 N–H and O–H groups in total. The van der Waals surface area contributed by atoms with E-state index < -0.39 is 41.3 Å². The van der Waals surface area contributed by atoms with E-state index in [9.17, 15) is 19.2 Å². The van der Waals surface area contributed by atoms with Crippen LogP contribution in [0.2, 0.25) is 0 Å². The fraction of sp³-hybridized carbons (Fsp3) is 0.636. The Bertz CT molecular complexity index is 1240. The highest BCUT2D eigenvalue weighted by molar-refractivity contribution is 7.99. The lowest BCUT2D eigenvalue weighted by Crippen LogP contribution is -2.56. The number of ether oxygens (including phenoxy) is 4. The van der Waals surface area contributed by atoms with Gasteiger partial charge in [0.2, 0.25) is 17.5 Å². The summed E-state index contributed by atoms with van der Waals surface area (Å²) in [5.74, 6) is -4.56. The second kappa shape index (κ2) is 8.24. The van der Waals surface area contributed by atoms with E-state index in [-0.39, 0.29) is 54.6 Å². The number of amides is 2. The third-order valence-corrected chi connectivity index (χ3v) is 9.07. The van der Waals surface area contributed by atoms with Gasteiger partial charge in [0.1, 0.15) is 19.0 Å². The number of Topliss-reactive ketones (excluding diaryl/α,β-unsaturated/α-hetero) is 2. The van der Waals surface area contributed by atoms with Crippen LogP contribution in [0.3, 0.4) is 0 Å². The number of primary amides is 1. The molecular formula is C22H26N6O8S. The van der Waals surface area contributed by atoms with Gasteiger partial charge in [-0.15, -0.1) is 10.2 Å². The van der Waals surface area contributed by atoms with Gasteiger partial charge in [0.05, 0.1) is 36.8 Å². The maximum atomic E-state index is 14.3. The summed E-state index contributed by atoms with van der Waals surface area (Å²) < 4.78 is 24.7. The first-order chi connectivity index (χ1) is 17.7. The molecule has 3 fully saturated rings. The van der Waals surface area contributed by atoms with Crippen molar-refractivity contribution in [3.8, 4) is 0 Å². The van der Waals surface area contributed by atoms with E-state index in [4.69, 9.17) is 24.7 Å². The molecule has 1 spiro atoms. The van der Waals surface area contributed by atoms with Gasteiger partial charge in [0.25, 0.3) is 0 Å². The molecular weight excluding hydrogens is 508 g/mol. The number of hydrogen-bond acceptors (Lipinski definition) is 12. The van der Waals surface area contributed by atoms with Crippen LogP contribution in [0.4, 0.5) is 4.79 Å². The van der Waals surface area contributed by atoms with Crippen LogP contribution < -0.4 is 5.73 Å². The van der Waals surface area contributed by atoms with Crippen molar-refractivity contribution in [1.29, 1.82) is 0 Å². The summed E-state index contributed by atoms with van der Waals surface area (Å²) in [6.07, 6.45) is 0.510. The Morgan fingerprint density at radius 3 is 2.59 bits per heavy atom. The van der Waals surface area contributed by atoms with Crippen molar-refractivity contribution in [2.75, 3.05) is 39.2 Å². The number of ketones is 2. The number of hydrogen-bond donors (Lipinski definition) is 1. The van der Waals surface area contributed by atoms with Gasteiger partial charge in [0, 0.05) is 39.0 Å². The predicted octanol–water partition coefficient (Wildman–Crippen LogP) is -1.34. The highest BCUT2D eigenvalue weighted by Crippen LogP contribution is 2.61. The quantitative estimate of drug-likeness (QED) is 0.337. The molecule has 4 aliphatic heterocycles. The summed E-state index contributed by atoms with van der Waals surface area (Å²) in [6, 6.07) is -0.637. The monoisotopic (exact) mass is 534 g/mol. The van der Waals surface area contributed by atoms with E-state index in [1.54, 1.807) is 27.7 Å². The summed E-state index contributed by atoms with van der Waals surface area (Å²) >= 11 is 1.26. The molecule has 0 saturated carbocycles. The van der Waals surface area contributed by atoms with Gasteiger partial charge in [-0.1, -0.05) is 11.8 Å². The minimum atomic E-state index is -1.83. The summed E-state index contributed by atoms with van der Waals surface area (Å²) in [5.41, 5.74) is 4.28. The Hall–Kier alpha value is -3.01. The molecule has 198 valence electrons. The molecule has 0 aromatic carbocycles. The normalized spacial score (nSPS) is 33.2. The largest absolute Gasteiger partial charge is 0.449 e. The van der Waals surface area contributed by atoms with Gasteiger partial charge in [-0.05, 0) is 0 Å². The van der Waals surface area contributed by atoms with Gasteiger partial charge < -0.3 is 39.0 Å². The summed E-state index contributed by atoms with van der Waals surface area (Å²) in [4.78, 5) is 55.8. The van der Waals surface area contributed by atoms with Crippen LogP contribution in [0, 0.1) is 11.8 Å². The lowest BCUT2D eigenvalue weighted by molar-refractivity contribution is -0.197. The smallest absolute Gasteiger partial charge is 0.404 e. The van der Waals surface area contributed by atoms with Crippen molar-refractivity contribution in [3.05, 3.63) is 17.6 Å². The molecule has 3 saturated heterocycles. The fourth-order valence-corrected chi connectivity index (χ4v) is 7.54. The first-order valence-electron chi connectivity index (χ1n) is 11.8. The Balaban J connectivity index is 1.44. The number of thioether (sulfide) groups is 1. The standard InChI is InChI=1S/C22H26N6O8S/c1-10(29)28-13-6-27-15-14(11(7-34-19(23)32)21(27,33-3)17(13)28)18(31)22(35-4-5-36-22)12(16(15)30)8-37-20-25-24-9-26(20)2/h9,11-13,17H,4-8H2,1-3H3,(H2,23,32)/t11-,12?,13+,17+,21-,28?/m1/s1. The van der Waals surface area contributed by atoms with E-state index in [0.717, 1.165) is 0 Å². The average molecular weight is 535 g/mol. The molecule has 5 atom stereocenters. The van der Waals surface area contributed by atoms with Gasteiger partial charge >= 0.3 is 6.09 Å². The molecule has 6 rings (SSSR count). The molecule has 5 heterocycles.